The molecule has 15 heavy (non-hydrogen) atoms. The van der Waals surface area contributed by atoms with Crippen LogP contribution >= 0.6 is 23.2 Å². The minimum atomic E-state index is -0.541. The number of hydrogen-bond donors (Lipinski definition) is 1. The van der Waals surface area contributed by atoms with Crippen LogP contribution in [0.25, 0.3) is 0 Å². The first-order chi connectivity index (χ1) is 7.10. The van der Waals surface area contributed by atoms with Gasteiger partial charge in [-0.3, -0.25) is 14.5 Å². The number of nitrogens with one attached hydrogen (secondary N) is 1. The van der Waals surface area contributed by atoms with Crippen molar-refractivity contribution in [3.8, 4) is 0 Å². The maximum absolute atomic E-state index is 11.6. The number of rotatable bonds is 4. The maximum Gasteiger partial charge on any atom is 0.296 e. The fourth-order valence-electron chi connectivity index (χ4n) is 1.01. The number of imidazole rings is 1. The van der Waals surface area contributed by atoms with Gasteiger partial charge in [-0.2, -0.15) is 0 Å². The summed E-state index contributed by atoms with van der Waals surface area (Å²) in [5, 5.41) is 0.102. The first kappa shape index (κ1) is 12.0. The molecule has 0 bridgehead atoms. The van der Waals surface area contributed by atoms with E-state index in [9.17, 15) is 9.59 Å². The molecular formula is C8H9Cl2N3O2. The molecule has 1 rings (SSSR count). The minimum Gasteiger partial charge on any atom is -0.324 e. The van der Waals surface area contributed by atoms with Crippen LogP contribution in [0.1, 0.15) is 24.0 Å². The lowest BCUT2D eigenvalue weighted by Gasteiger charge is -2.11. The monoisotopic (exact) mass is 249 g/mol. The highest BCUT2D eigenvalue weighted by atomic mass is 35.5. The van der Waals surface area contributed by atoms with Crippen LogP contribution in [0.3, 0.4) is 0 Å². The summed E-state index contributed by atoms with van der Waals surface area (Å²) in [5.41, 5.74) is 0. The van der Waals surface area contributed by atoms with Crippen LogP contribution in [0.2, 0.25) is 10.3 Å². The number of nitrogens with zero attached hydrogens (tertiary/aromatic N) is 2. The molecule has 5 nitrogen and oxygen atoms in total. The SMILES string of the molecule is CCCN(C=O)C(=O)c1nc(Cl)c(Cl)[nH]1. The summed E-state index contributed by atoms with van der Waals surface area (Å²) in [6.07, 6.45) is 1.13. The fraction of sp³-hybridized carbons (Fsp3) is 0.375. The largest absolute Gasteiger partial charge is 0.324 e. The Hall–Kier alpha value is -1.07. The lowest BCUT2D eigenvalue weighted by atomic mass is 10.4. The molecule has 1 heterocycles. The third-order valence-corrected chi connectivity index (χ3v) is 2.32. The highest BCUT2D eigenvalue weighted by Gasteiger charge is 2.19. The van der Waals surface area contributed by atoms with E-state index in [4.69, 9.17) is 23.2 Å². The van der Waals surface area contributed by atoms with E-state index in [1.54, 1.807) is 0 Å². The Balaban J connectivity index is 2.87. The molecule has 0 aromatic carbocycles. The summed E-state index contributed by atoms with van der Waals surface area (Å²) in [6.45, 7) is 2.18. The van der Waals surface area contributed by atoms with E-state index in [2.05, 4.69) is 9.97 Å². The Morgan fingerprint density at radius 3 is 2.67 bits per heavy atom. The Morgan fingerprint density at radius 1 is 1.60 bits per heavy atom. The fourth-order valence-corrected chi connectivity index (χ4v) is 1.27. The van der Waals surface area contributed by atoms with E-state index >= 15 is 0 Å². The van der Waals surface area contributed by atoms with Gasteiger partial charge in [0, 0.05) is 6.54 Å². The van der Waals surface area contributed by atoms with E-state index in [0.717, 1.165) is 4.90 Å². The predicted molar refractivity (Wildman–Crippen MR) is 56.0 cm³/mol. The number of H-pyrrole nitrogens is 1. The van der Waals surface area contributed by atoms with Gasteiger partial charge in [0.15, 0.2) is 11.0 Å². The van der Waals surface area contributed by atoms with E-state index < -0.39 is 5.91 Å². The molecule has 1 aromatic heterocycles. The van der Waals surface area contributed by atoms with Gasteiger partial charge in [-0.25, -0.2) is 4.98 Å². The number of aromatic nitrogens is 2. The average molecular weight is 250 g/mol. The van der Waals surface area contributed by atoms with Gasteiger partial charge in [-0.1, -0.05) is 30.1 Å². The Labute approximate surface area is 96.4 Å². The van der Waals surface area contributed by atoms with Crippen LogP contribution in [-0.4, -0.2) is 33.7 Å². The van der Waals surface area contributed by atoms with Crippen LogP contribution < -0.4 is 0 Å². The van der Waals surface area contributed by atoms with Crippen LogP contribution in [0, 0.1) is 0 Å². The number of amides is 2. The van der Waals surface area contributed by atoms with Crippen molar-refractivity contribution in [2.45, 2.75) is 13.3 Å². The number of carbonyl (C=O) groups is 2. The van der Waals surface area contributed by atoms with Gasteiger partial charge >= 0.3 is 0 Å². The van der Waals surface area contributed by atoms with E-state index in [1.807, 2.05) is 6.92 Å². The molecule has 0 aliphatic heterocycles. The Kier molecular flexibility index (Phi) is 4.11. The van der Waals surface area contributed by atoms with Gasteiger partial charge in [0.05, 0.1) is 0 Å². The topological polar surface area (TPSA) is 66.1 Å². The molecule has 2 amide bonds. The molecule has 0 unspecified atom stereocenters. The summed E-state index contributed by atoms with van der Waals surface area (Å²) in [6, 6.07) is 0. The second kappa shape index (κ2) is 5.14. The molecule has 0 atom stereocenters. The van der Waals surface area contributed by atoms with E-state index in [-0.39, 0.29) is 16.1 Å². The smallest absolute Gasteiger partial charge is 0.296 e. The van der Waals surface area contributed by atoms with Crippen LogP contribution in [0.5, 0.6) is 0 Å². The maximum atomic E-state index is 11.6. The Morgan fingerprint density at radius 2 is 2.27 bits per heavy atom. The van der Waals surface area contributed by atoms with E-state index in [0.29, 0.717) is 19.4 Å². The summed E-state index contributed by atoms with van der Waals surface area (Å²) in [4.78, 5) is 29.4. The van der Waals surface area contributed by atoms with Crippen molar-refractivity contribution < 1.29 is 9.59 Å². The molecule has 0 aliphatic rings. The summed E-state index contributed by atoms with van der Waals surface area (Å²) >= 11 is 11.2. The minimum absolute atomic E-state index is 0.0161. The summed E-state index contributed by atoms with van der Waals surface area (Å²) in [5.74, 6) is -0.578. The van der Waals surface area contributed by atoms with Crippen molar-refractivity contribution in [1.29, 1.82) is 0 Å². The number of imide groups is 1. The zero-order valence-corrected chi connectivity index (χ0v) is 9.47. The normalized spacial score (nSPS) is 10.1. The van der Waals surface area contributed by atoms with Gasteiger partial charge in [0.2, 0.25) is 6.41 Å². The third-order valence-electron chi connectivity index (χ3n) is 1.67. The van der Waals surface area contributed by atoms with Crippen LogP contribution in [0.4, 0.5) is 0 Å². The highest BCUT2D eigenvalue weighted by molar-refractivity contribution is 6.40. The molecule has 0 saturated carbocycles. The van der Waals surface area contributed by atoms with Crippen molar-refractivity contribution >= 4 is 35.5 Å². The number of aromatic amines is 1. The standard InChI is InChI=1S/C8H9Cl2N3O2/c1-2-3-13(4-14)8(15)7-11-5(9)6(10)12-7/h4H,2-3H2,1H3,(H,11,12). The molecule has 0 saturated heterocycles. The van der Waals surface area contributed by atoms with Gasteiger partial charge in [0.1, 0.15) is 5.15 Å². The highest BCUT2D eigenvalue weighted by Crippen LogP contribution is 2.18. The third kappa shape index (κ3) is 2.70. The average Bonchev–Trinajstić information content (AvgIpc) is 2.55. The van der Waals surface area contributed by atoms with Crippen molar-refractivity contribution in [1.82, 2.24) is 14.9 Å². The van der Waals surface area contributed by atoms with Gasteiger partial charge in [0.25, 0.3) is 5.91 Å². The van der Waals surface area contributed by atoms with Crippen molar-refractivity contribution in [3.63, 3.8) is 0 Å². The zero-order chi connectivity index (χ0) is 11.4. The summed E-state index contributed by atoms with van der Waals surface area (Å²) < 4.78 is 0. The quantitative estimate of drug-likeness (QED) is 0.827. The number of halogens is 2. The second-order valence-corrected chi connectivity index (χ2v) is 3.53. The van der Waals surface area contributed by atoms with Gasteiger partial charge < -0.3 is 4.98 Å². The van der Waals surface area contributed by atoms with Crippen molar-refractivity contribution in [2.24, 2.45) is 0 Å². The van der Waals surface area contributed by atoms with Crippen LogP contribution in [0.15, 0.2) is 0 Å². The first-order valence-corrected chi connectivity index (χ1v) is 5.03. The Bertz CT molecular complexity index is 358. The van der Waals surface area contributed by atoms with Crippen LogP contribution in [-0.2, 0) is 4.79 Å². The molecule has 1 N–H and O–H groups in total. The van der Waals surface area contributed by atoms with Gasteiger partial charge in [-0.05, 0) is 6.42 Å². The zero-order valence-electron chi connectivity index (χ0n) is 7.96. The number of carbonyl (C=O) groups excluding carboxylic acids is 2. The predicted octanol–water partition coefficient (Wildman–Crippen LogP) is 1.73. The molecule has 82 valence electrons. The lowest BCUT2D eigenvalue weighted by Crippen LogP contribution is -2.31. The van der Waals surface area contributed by atoms with Crippen molar-refractivity contribution in [3.05, 3.63) is 16.1 Å². The molecule has 0 aliphatic carbocycles. The lowest BCUT2D eigenvalue weighted by molar-refractivity contribution is -0.116. The van der Waals surface area contributed by atoms with Gasteiger partial charge in [-0.15, -0.1) is 0 Å². The summed E-state index contributed by atoms with van der Waals surface area (Å²) in [7, 11) is 0. The number of hydrogen-bond acceptors (Lipinski definition) is 3. The molecule has 7 heteroatoms. The first-order valence-electron chi connectivity index (χ1n) is 4.27. The molecular weight excluding hydrogens is 241 g/mol. The molecule has 0 fully saturated rings. The molecule has 0 radical (unpaired) electrons. The molecule has 1 aromatic rings. The second-order valence-electron chi connectivity index (χ2n) is 2.79. The van der Waals surface area contributed by atoms with E-state index in [1.165, 1.54) is 0 Å². The van der Waals surface area contributed by atoms with Crippen molar-refractivity contribution in [2.75, 3.05) is 6.54 Å². The molecule has 0 spiro atoms.